The molecule has 20 heavy (non-hydrogen) atoms. The molecule has 0 aliphatic rings. The molecule has 0 aliphatic carbocycles. The lowest BCUT2D eigenvalue weighted by Crippen LogP contribution is -2.12. The zero-order valence-electron chi connectivity index (χ0n) is 10.1. The lowest BCUT2D eigenvalue weighted by atomic mass is 10.1. The van der Waals surface area contributed by atoms with Gasteiger partial charge in [0.2, 0.25) is 11.6 Å². The number of rotatable bonds is 4. The van der Waals surface area contributed by atoms with Gasteiger partial charge in [0.1, 0.15) is 11.5 Å². The van der Waals surface area contributed by atoms with Crippen LogP contribution in [0.15, 0.2) is 24.3 Å². The molecule has 0 amide bonds. The van der Waals surface area contributed by atoms with Crippen molar-refractivity contribution in [1.82, 2.24) is 4.98 Å². The zero-order chi connectivity index (χ0) is 14.7. The fourth-order valence-corrected chi connectivity index (χ4v) is 1.63. The first-order valence-corrected chi connectivity index (χ1v) is 5.67. The normalized spacial score (nSPS) is 10.7. The van der Waals surface area contributed by atoms with Crippen LogP contribution in [-0.2, 0) is 6.42 Å². The Balaban J connectivity index is 2.06. The maximum Gasteiger partial charge on any atom is 0.253 e. The van der Waals surface area contributed by atoms with Gasteiger partial charge in [-0.3, -0.25) is 0 Å². The van der Waals surface area contributed by atoms with Crippen molar-refractivity contribution < 1.29 is 22.0 Å². The predicted molar refractivity (Wildman–Crippen MR) is 62.7 cm³/mol. The topological polar surface area (TPSA) is 24.9 Å². The second-order valence-corrected chi connectivity index (χ2v) is 4.00. The van der Waals surface area contributed by atoms with E-state index in [4.69, 9.17) is 0 Å². The lowest BCUT2D eigenvalue weighted by molar-refractivity contribution is 0.410. The second kappa shape index (κ2) is 5.85. The van der Waals surface area contributed by atoms with E-state index in [0.29, 0.717) is 12.0 Å². The van der Waals surface area contributed by atoms with Crippen molar-refractivity contribution in [2.75, 3.05) is 11.9 Å². The largest absolute Gasteiger partial charge is 0.380 e. The van der Waals surface area contributed by atoms with Crippen LogP contribution in [0.1, 0.15) is 5.56 Å². The molecule has 106 valence electrons. The van der Waals surface area contributed by atoms with Crippen LogP contribution >= 0.6 is 0 Å². The summed E-state index contributed by atoms with van der Waals surface area (Å²) >= 11 is 0. The van der Waals surface area contributed by atoms with Crippen molar-refractivity contribution in [3.8, 4) is 0 Å². The fraction of sp³-hybridized carbons (Fsp3) is 0.154. The van der Waals surface area contributed by atoms with Gasteiger partial charge in [-0.15, -0.1) is 0 Å². The highest BCUT2D eigenvalue weighted by Crippen LogP contribution is 2.21. The Hall–Kier alpha value is -2.18. The molecule has 7 heteroatoms. The summed E-state index contributed by atoms with van der Waals surface area (Å²) in [6.07, 6.45) is 0.296. The van der Waals surface area contributed by atoms with Gasteiger partial charge in [-0.25, -0.2) is 4.39 Å². The molecule has 0 bridgehead atoms. The highest BCUT2D eigenvalue weighted by molar-refractivity contribution is 5.45. The molecule has 1 heterocycles. The molecule has 0 unspecified atom stereocenters. The molecule has 0 saturated carbocycles. The third kappa shape index (κ3) is 3.04. The van der Waals surface area contributed by atoms with E-state index in [1.54, 1.807) is 0 Å². The van der Waals surface area contributed by atoms with Crippen LogP contribution in [0.2, 0.25) is 0 Å². The minimum Gasteiger partial charge on any atom is -0.380 e. The summed E-state index contributed by atoms with van der Waals surface area (Å²) in [5.74, 6) is -7.00. The average Bonchev–Trinajstić information content (AvgIpc) is 2.42. The van der Waals surface area contributed by atoms with Crippen molar-refractivity contribution in [1.29, 1.82) is 0 Å². The van der Waals surface area contributed by atoms with E-state index in [9.17, 15) is 22.0 Å². The Kier molecular flexibility index (Phi) is 4.16. The standard InChI is InChI=1S/C13H9F5N2/c14-8-3-1-7(2-4-8)5-6-19-11-9(15)12(17)20-13(18)10(11)16/h1-4H,5-6H2,(H,19,20). The fourth-order valence-electron chi connectivity index (χ4n) is 1.63. The van der Waals surface area contributed by atoms with Crippen LogP contribution in [-0.4, -0.2) is 11.5 Å². The number of halogens is 5. The predicted octanol–water partition coefficient (Wildman–Crippen LogP) is 3.43. The molecule has 1 N–H and O–H groups in total. The molecular weight excluding hydrogens is 279 g/mol. The van der Waals surface area contributed by atoms with Crippen LogP contribution in [0.4, 0.5) is 27.6 Å². The molecule has 0 atom stereocenters. The number of nitrogens with zero attached hydrogens (tertiary/aromatic N) is 1. The maximum atomic E-state index is 13.3. The molecule has 1 aromatic carbocycles. The van der Waals surface area contributed by atoms with Gasteiger partial charge in [-0.2, -0.15) is 22.5 Å². The molecule has 2 nitrogen and oxygen atoms in total. The molecular formula is C13H9F5N2. The first-order chi connectivity index (χ1) is 9.49. The van der Waals surface area contributed by atoms with Crippen LogP contribution in [0.5, 0.6) is 0 Å². The van der Waals surface area contributed by atoms with Crippen LogP contribution < -0.4 is 5.32 Å². The van der Waals surface area contributed by atoms with Crippen molar-refractivity contribution in [3.63, 3.8) is 0 Å². The summed E-state index contributed by atoms with van der Waals surface area (Å²) < 4.78 is 64.9. The molecule has 1 aromatic heterocycles. The molecule has 0 fully saturated rings. The van der Waals surface area contributed by atoms with Crippen molar-refractivity contribution in [2.24, 2.45) is 0 Å². The zero-order valence-corrected chi connectivity index (χ0v) is 10.1. The molecule has 0 aliphatic heterocycles. The highest BCUT2D eigenvalue weighted by atomic mass is 19.2. The Morgan fingerprint density at radius 3 is 1.95 bits per heavy atom. The molecule has 0 radical (unpaired) electrons. The molecule has 0 saturated heterocycles. The monoisotopic (exact) mass is 288 g/mol. The summed E-state index contributed by atoms with van der Waals surface area (Å²) in [4.78, 5) is 2.44. The quantitative estimate of drug-likeness (QED) is 0.688. The van der Waals surface area contributed by atoms with Crippen molar-refractivity contribution in [3.05, 3.63) is 59.2 Å². The van der Waals surface area contributed by atoms with Crippen LogP contribution in [0.3, 0.4) is 0 Å². The van der Waals surface area contributed by atoms with E-state index in [-0.39, 0.29) is 6.54 Å². The van der Waals surface area contributed by atoms with Crippen molar-refractivity contribution in [2.45, 2.75) is 6.42 Å². The minimum absolute atomic E-state index is 0.0162. The number of pyridine rings is 1. The number of benzene rings is 1. The maximum absolute atomic E-state index is 13.3. The number of hydrogen-bond donors (Lipinski definition) is 1. The van der Waals surface area contributed by atoms with Gasteiger partial charge in [0.05, 0.1) is 0 Å². The third-order valence-electron chi connectivity index (χ3n) is 2.63. The summed E-state index contributed by atoms with van der Waals surface area (Å²) in [7, 11) is 0. The number of nitrogens with one attached hydrogen (secondary N) is 1. The Morgan fingerprint density at radius 1 is 0.850 bits per heavy atom. The second-order valence-electron chi connectivity index (χ2n) is 4.00. The smallest absolute Gasteiger partial charge is 0.253 e. The number of hydrogen-bond acceptors (Lipinski definition) is 2. The van der Waals surface area contributed by atoms with E-state index in [0.717, 1.165) is 0 Å². The summed E-state index contributed by atoms with van der Waals surface area (Å²) in [6, 6.07) is 5.47. The van der Waals surface area contributed by atoms with Gasteiger partial charge in [-0.1, -0.05) is 12.1 Å². The van der Waals surface area contributed by atoms with Gasteiger partial charge < -0.3 is 5.32 Å². The lowest BCUT2D eigenvalue weighted by Gasteiger charge is -2.09. The third-order valence-corrected chi connectivity index (χ3v) is 2.63. The van der Waals surface area contributed by atoms with Gasteiger partial charge >= 0.3 is 0 Å². The Morgan fingerprint density at radius 2 is 1.40 bits per heavy atom. The van der Waals surface area contributed by atoms with E-state index in [2.05, 4.69) is 10.3 Å². The van der Waals surface area contributed by atoms with Gasteiger partial charge in [0.25, 0.3) is 11.9 Å². The SMILES string of the molecule is Fc1ccc(CCNc2c(F)c(F)nc(F)c2F)cc1. The molecule has 2 aromatic rings. The first-order valence-electron chi connectivity index (χ1n) is 5.67. The van der Waals surface area contributed by atoms with E-state index >= 15 is 0 Å². The summed E-state index contributed by atoms with van der Waals surface area (Å²) in [5, 5.41) is 2.26. The Bertz CT molecular complexity index is 587. The first kappa shape index (κ1) is 14.2. The van der Waals surface area contributed by atoms with E-state index < -0.39 is 35.0 Å². The van der Waals surface area contributed by atoms with Crippen LogP contribution in [0.25, 0.3) is 0 Å². The summed E-state index contributed by atoms with van der Waals surface area (Å²) in [5.41, 5.74) is -0.202. The molecule has 0 spiro atoms. The molecule has 2 rings (SSSR count). The highest BCUT2D eigenvalue weighted by Gasteiger charge is 2.20. The average molecular weight is 288 g/mol. The van der Waals surface area contributed by atoms with Crippen LogP contribution in [0, 0.1) is 29.3 Å². The van der Waals surface area contributed by atoms with Gasteiger partial charge in [0, 0.05) is 6.54 Å². The van der Waals surface area contributed by atoms with Crippen molar-refractivity contribution >= 4 is 5.69 Å². The number of aromatic nitrogens is 1. The Labute approximate surface area is 111 Å². The van der Waals surface area contributed by atoms with Gasteiger partial charge in [-0.05, 0) is 24.1 Å². The number of anilines is 1. The minimum atomic E-state index is -1.71. The van der Waals surface area contributed by atoms with E-state index in [1.165, 1.54) is 24.3 Å². The van der Waals surface area contributed by atoms with E-state index in [1.807, 2.05) is 0 Å². The van der Waals surface area contributed by atoms with Gasteiger partial charge in [0.15, 0.2) is 0 Å². The summed E-state index contributed by atoms with van der Waals surface area (Å²) in [6.45, 7) is 0.0162.